The second-order valence-electron chi connectivity index (χ2n) is 20.8. The quantitative estimate of drug-likeness (QED) is 0.129. The molecule has 5 aliphatic rings. The number of nitriles is 1. The lowest BCUT2D eigenvalue weighted by Crippen LogP contribution is -2.75. The summed E-state index contributed by atoms with van der Waals surface area (Å²) in [5.41, 5.74) is -4.32. The predicted molar refractivity (Wildman–Crippen MR) is 247 cm³/mol. The molecular formula is C47H53ClF5N7O4S2. The number of anilines is 2. The van der Waals surface area contributed by atoms with Crippen molar-refractivity contribution in [3.05, 3.63) is 52.8 Å². The van der Waals surface area contributed by atoms with Gasteiger partial charge in [0, 0.05) is 65.3 Å². The van der Waals surface area contributed by atoms with Gasteiger partial charge in [0.25, 0.3) is 0 Å². The van der Waals surface area contributed by atoms with Gasteiger partial charge in [0.05, 0.1) is 25.6 Å². The van der Waals surface area contributed by atoms with Crippen molar-refractivity contribution in [3.8, 4) is 23.2 Å². The summed E-state index contributed by atoms with van der Waals surface area (Å²) in [7, 11) is -1.57. The van der Waals surface area contributed by atoms with E-state index in [1.54, 1.807) is 25.1 Å². The average Bonchev–Trinajstić information content (AvgIpc) is 3.59. The maximum atomic E-state index is 17.9. The Morgan fingerprint density at radius 1 is 1.12 bits per heavy atom. The number of piperidine rings is 1. The van der Waals surface area contributed by atoms with Gasteiger partial charge in [-0.1, -0.05) is 24.2 Å². The number of benzene rings is 2. The van der Waals surface area contributed by atoms with Crippen molar-refractivity contribution in [2.45, 2.75) is 134 Å². The van der Waals surface area contributed by atoms with Crippen LogP contribution in [-0.2, 0) is 15.7 Å². The third kappa shape index (κ3) is 7.63. The SMILES string of the molecule is C=C(Oc1nc(N2C[C@]3(CC[C@@H]2C)CN(S(=O)C(C)(C)C)[C@@H]3C2(C(F)F)CC2)c2cc(Cl)c(-c3ccc(F)c4sc(NC(=O)OC(C)(C)C)c(C#N)c34)c(F)c2n1)[C@@]12CCCN1C[C@H](F)C2. The Labute approximate surface area is 392 Å². The minimum atomic E-state index is -2.63. The number of ether oxygens (including phenoxy) is 2. The topological polar surface area (TPSA) is 124 Å². The van der Waals surface area contributed by atoms with E-state index in [9.17, 15) is 14.3 Å². The van der Waals surface area contributed by atoms with Crippen LogP contribution in [0.2, 0.25) is 5.02 Å². The second-order valence-corrected chi connectivity index (χ2v) is 24.4. The summed E-state index contributed by atoms with van der Waals surface area (Å²) < 4.78 is 106. The van der Waals surface area contributed by atoms with Crippen LogP contribution in [0.1, 0.15) is 99.0 Å². The Kier molecular flexibility index (Phi) is 11.5. The molecule has 1 N–H and O–H groups in total. The Bertz CT molecular complexity index is 2750. The van der Waals surface area contributed by atoms with Crippen LogP contribution >= 0.6 is 22.9 Å². The highest BCUT2D eigenvalue weighted by Crippen LogP contribution is 2.66. The first-order valence-corrected chi connectivity index (χ1v) is 24.6. The molecule has 11 nitrogen and oxygen atoms in total. The van der Waals surface area contributed by atoms with E-state index in [2.05, 4.69) is 16.9 Å². The van der Waals surface area contributed by atoms with Crippen molar-refractivity contribution in [3.63, 3.8) is 0 Å². The highest BCUT2D eigenvalue weighted by atomic mass is 35.5. The molecule has 1 amide bonds. The molecule has 2 aromatic carbocycles. The molecule has 1 saturated carbocycles. The number of aromatic nitrogens is 2. The van der Waals surface area contributed by atoms with Crippen LogP contribution in [0.3, 0.4) is 0 Å². The van der Waals surface area contributed by atoms with Gasteiger partial charge in [-0.05, 0) is 111 Å². The first-order chi connectivity index (χ1) is 30.9. The van der Waals surface area contributed by atoms with Crippen LogP contribution in [-0.4, -0.2) is 96.2 Å². The molecule has 1 aliphatic carbocycles. The molecule has 6 atom stereocenters. The summed E-state index contributed by atoms with van der Waals surface area (Å²) >= 11 is 7.89. The van der Waals surface area contributed by atoms with Crippen molar-refractivity contribution in [2.75, 3.05) is 36.4 Å². The number of hydrogen-bond acceptors (Lipinski definition) is 10. The summed E-state index contributed by atoms with van der Waals surface area (Å²) in [4.78, 5) is 26.4. The number of thiophene rings is 1. The Hall–Kier alpha value is -4.15. The largest absolute Gasteiger partial charge is 0.444 e. The van der Waals surface area contributed by atoms with E-state index >= 15 is 22.0 Å². The molecule has 354 valence electrons. The van der Waals surface area contributed by atoms with E-state index in [1.165, 1.54) is 12.1 Å². The molecule has 9 rings (SSSR count). The van der Waals surface area contributed by atoms with E-state index in [-0.39, 0.29) is 90.8 Å². The zero-order chi connectivity index (χ0) is 47.6. The molecule has 19 heteroatoms. The summed E-state index contributed by atoms with van der Waals surface area (Å²) in [5, 5.41) is 13.0. The minimum Gasteiger partial charge on any atom is -0.444 e. The van der Waals surface area contributed by atoms with E-state index in [4.69, 9.17) is 26.1 Å². The van der Waals surface area contributed by atoms with E-state index in [0.717, 1.165) is 23.8 Å². The second kappa shape index (κ2) is 16.2. The molecule has 2 aromatic heterocycles. The zero-order valence-corrected chi connectivity index (χ0v) is 40.3. The zero-order valence-electron chi connectivity index (χ0n) is 37.9. The maximum Gasteiger partial charge on any atom is 0.412 e. The lowest BCUT2D eigenvalue weighted by molar-refractivity contribution is -0.111. The Morgan fingerprint density at radius 3 is 2.50 bits per heavy atom. The smallest absolute Gasteiger partial charge is 0.412 e. The van der Waals surface area contributed by atoms with Gasteiger partial charge in [0.15, 0.2) is 5.82 Å². The summed E-state index contributed by atoms with van der Waals surface area (Å²) in [6.07, 6.45) is -1.36. The Balaban J connectivity index is 1.20. The monoisotopic (exact) mass is 973 g/mol. The van der Waals surface area contributed by atoms with Gasteiger partial charge in [0.2, 0.25) is 6.43 Å². The number of fused-ring (bicyclic) bond motifs is 3. The fourth-order valence-corrected chi connectivity index (χ4v) is 14.1. The maximum absolute atomic E-state index is 17.9. The molecule has 0 radical (unpaired) electrons. The van der Waals surface area contributed by atoms with Crippen LogP contribution in [0, 0.1) is 33.8 Å². The predicted octanol–water partition coefficient (Wildman–Crippen LogP) is 11.3. The number of nitrogens with zero attached hydrogens (tertiary/aromatic N) is 6. The highest BCUT2D eigenvalue weighted by molar-refractivity contribution is 7.84. The fraction of sp³-hybridized carbons (Fsp3) is 0.574. The number of nitrogens with one attached hydrogen (secondary N) is 1. The number of halogens is 6. The van der Waals surface area contributed by atoms with Crippen molar-refractivity contribution in [1.82, 2.24) is 19.2 Å². The summed E-state index contributed by atoms with van der Waals surface area (Å²) in [5.74, 6) is -1.25. The first kappa shape index (κ1) is 46.9. The number of amides is 1. The molecule has 4 saturated heterocycles. The van der Waals surface area contributed by atoms with Gasteiger partial charge in [-0.3, -0.25) is 10.2 Å². The minimum absolute atomic E-state index is 0.00290. The van der Waals surface area contributed by atoms with Gasteiger partial charge in [-0.25, -0.2) is 35.3 Å². The lowest BCUT2D eigenvalue weighted by Gasteiger charge is -2.64. The average molecular weight is 975 g/mol. The fourth-order valence-electron chi connectivity index (χ4n) is 11.1. The van der Waals surface area contributed by atoms with Crippen LogP contribution < -0.4 is 15.0 Å². The number of carbonyl (C=O) groups is 1. The molecule has 66 heavy (non-hydrogen) atoms. The number of hydrogen-bond donors (Lipinski definition) is 1. The third-order valence-corrected chi connectivity index (χ3v) is 17.4. The van der Waals surface area contributed by atoms with Gasteiger partial charge in [-0.2, -0.15) is 15.2 Å². The molecule has 1 unspecified atom stereocenters. The normalized spacial score (nSPS) is 27.0. The molecule has 0 bridgehead atoms. The third-order valence-electron chi connectivity index (χ3n) is 14.2. The first-order valence-electron chi connectivity index (χ1n) is 22.3. The van der Waals surface area contributed by atoms with Gasteiger partial charge < -0.3 is 14.4 Å². The van der Waals surface area contributed by atoms with Crippen molar-refractivity contribution in [1.29, 1.82) is 5.26 Å². The highest BCUT2D eigenvalue weighted by Gasteiger charge is 2.71. The van der Waals surface area contributed by atoms with Crippen LogP contribution in [0.25, 0.3) is 32.1 Å². The molecule has 4 aromatic rings. The van der Waals surface area contributed by atoms with Crippen LogP contribution in [0.5, 0.6) is 6.01 Å². The molecule has 4 aliphatic heterocycles. The van der Waals surface area contributed by atoms with Crippen LogP contribution in [0.4, 0.5) is 37.6 Å². The molecule has 6 heterocycles. The molecular weight excluding hydrogens is 921 g/mol. The van der Waals surface area contributed by atoms with E-state index in [1.807, 2.05) is 43.6 Å². The van der Waals surface area contributed by atoms with Gasteiger partial charge in [0.1, 0.15) is 56.7 Å². The van der Waals surface area contributed by atoms with E-state index < -0.39 is 74.1 Å². The standard InChI is InChI=1S/C47H53ClF5N7O4S2/c1-24-12-14-45(23-60(66(62)44(6,7)8)39(45)46(15-16-46)40(52)53)22-59(24)37-28-18-30(48)33(27-10-11-31(50)36-32(27)29(20-54)38(65-36)57-42(61)64-43(3,4)5)34(51)35(28)55-41(56-37)63-25(2)47-13-9-17-58(47)21-26(49)19-47/h10-11,18,24,26,39-40H,2,9,12-17,19,21-23H2,1,3-8H3,(H,57,61)/t24-,26+,39-,45+,47-,66?/m0/s1. The van der Waals surface area contributed by atoms with Gasteiger partial charge in [-0.15, -0.1) is 11.3 Å². The number of carbonyl (C=O) groups excluding carboxylic acids is 1. The summed E-state index contributed by atoms with van der Waals surface area (Å²) in [6, 6.07) is 4.73. The molecule has 5 fully saturated rings. The lowest BCUT2D eigenvalue weighted by atomic mass is 9.61. The van der Waals surface area contributed by atoms with Crippen molar-refractivity contribution >= 4 is 71.8 Å². The van der Waals surface area contributed by atoms with Gasteiger partial charge >= 0.3 is 12.1 Å². The number of alkyl halides is 3. The molecule has 1 spiro atoms. The van der Waals surface area contributed by atoms with Crippen LogP contribution in [0.15, 0.2) is 30.5 Å². The van der Waals surface area contributed by atoms with Crippen molar-refractivity contribution < 1.29 is 40.4 Å². The van der Waals surface area contributed by atoms with E-state index in [0.29, 0.717) is 45.2 Å². The summed E-state index contributed by atoms with van der Waals surface area (Å²) in [6.45, 7) is 18.1. The van der Waals surface area contributed by atoms with Crippen molar-refractivity contribution in [2.24, 2.45) is 10.8 Å². The number of rotatable bonds is 9. The Morgan fingerprint density at radius 2 is 1.85 bits per heavy atom.